The highest BCUT2D eigenvalue weighted by Crippen LogP contribution is 2.25. The average molecular weight is 200 g/mol. The van der Waals surface area contributed by atoms with Gasteiger partial charge in [-0.3, -0.25) is 0 Å². The summed E-state index contributed by atoms with van der Waals surface area (Å²) >= 11 is 1.54. The van der Waals surface area contributed by atoms with E-state index in [1.54, 1.807) is 0 Å². The van der Waals surface area contributed by atoms with Crippen LogP contribution in [0.4, 0.5) is 0 Å². The van der Waals surface area contributed by atoms with Crippen molar-refractivity contribution in [1.82, 2.24) is 9.36 Å². The second kappa shape index (κ2) is 2.96. The quantitative estimate of drug-likeness (QED) is 0.641. The van der Waals surface area contributed by atoms with Crippen molar-refractivity contribution in [3.8, 4) is 11.1 Å². The molecule has 2 heterocycles. The Balaban J connectivity index is 2.23. The lowest BCUT2D eigenvalue weighted by Crippen LogP contribution is -1.72. The van der Waals surface area contributed by atoms with Gasteiger partial charge in [0, 0.05) is 24.0 Å². The molecule has 3 rings (SSSR count). The van der Waals surface area contributed by atoms with E-state index in [0.717, 1.165) is 0 Å². The molecule has 0 aliphatic heterocycles. The average Bonchev–Trinajstić information content (AvgIpc) is 2.88. The van der Waals surface area contributed by atoms with Gasteiger partial charge in [0.15, 0.2) is 0 Å². The summed E-state index contributed by atoms with van der Waals surface area (Å²) < 4.78 is 5.40. The third-order valence-electron chi connectivity index (χ3n) is 2.28. The predicted octanol–water partition coefficient (Wildman–Crippen LogP) is 3.29. The van der Waals surface area contributed by atoms with E-state index in [1.165, 1.54) is 32.7 Å². The van der Waals surface area contributed by atoms with Crippen LogP contribution in [0.25, 0.3) is 21.2 Å². The second-order valence-electron chi connectivity index (χ2n) is 3.18. The van der Waals surface area contributed by atoms with Crippen LogP contribution in [0.1, 0.15) is 0 Å². The predicted molar refractivity (Wildman–Crippen MR) is 59.4 cm³/mol. The molecule has 1 N–H and O–H groups in total. The molecule has 14 heavy (non-hydrogen) atoms. The maximum absolute atomic E-state index is 4.16. The van der Waals surface area contributed by atoms with Gasteiger partial charge in [0.1, 0.15) is 0 Å². The number of aromatic amines is 1. The summed E-state index contributed by atoms with van der Waals surface area (Å²) in [7, 11) is 0. The lowest BCUT2D eigenvalue weighted by atomic mass is 10.1. The summed E-state index contributed by atoms with van der Waals surface area (Å²) in [5.41, 5.74) is 2.46. The van der Waals surface area contributed by atoms with Gasteiger partial charge in [0.2, 0.25) is 0 Å². The Hall–Kier alpha value is -1.61. The van der Waals surface area contributed by atoms with E-state index in [9.17, 15) is 0 Å². The first kappa shape index (κ1) is 7.76. The zero-order valence-corrected chi connectivity index (χ0v) is 8.21. The minimum absolute atomic E-state index is 1.22. The topological polar surface area (TPSA) is 28.7 Å². The smallest absolute Gasteiger partial charge is 0.0550 e. The van der Waals surface area contributed by atoms with E-state index in [4.69, 9.17) is 0 Å². The minimum Gasteiger partial charge on any atom is -0.367 e. The molecule has 0 aliphatic rings. The van der Waals surface area contributed by atoms with Crippen molar-refractivity contribution in [2.75, 3.05) is 0 Å². The van der Waals surface area contributed by atoms with Crippen molar-refractivity contribution in [2.45, 2.75) is 0 Å². The molecular weight excluding hydrogens is 192 g/mol. The van der Waals surface area contributed by atoms with Gasteiger partial charge >= 0.3 is 0 Å². The van der Waals surface area contributed by atoms with Crippen LogP contribution in [0.15, 0.2) is 42.9 Å². The van der Waals surface area contributed by atoms with E-state index < -0.39 is 0 Å². The number of benzene rings is 1. The normalized spacial score (nSPS) is 10.9. The summed E-state index contributed by atoms with van der Waals surface area (Å²) in [5, 5.41) is 1.22. The molecule has 2 nitrogen and oxygen atoms in total. The van der Waals surface area contributed by atoms with Crippen LogP contribution in [-0.4, -0.2) is 9.36 Å². The van der Waals surface area contributed by atoms with Crippen molar-refractivity contribution >= 4 is 21.6 Å². The highest BCUT2D eigenvalue weighted by molar-refractivity contribution is 7.13. The summed E-state index contributed by atoms with van der Waals surface area (Å²) in [4.78, 5) is 3.06. The maximum atomic E-state index is 4.16. The van der Waals surface area contributed by atoms with E-state index in [1.807, 2.05) is 18.6 Å². The van der Waals surface area contributed by atoms with Crippen LogP contribution in [0.5, 0.6) is 0 Å². The van der Waals surface area contributed by atoms with Gasteiger partial charge in [0.05, 0.1) is 4.70 Å². The third kappa shape index (κ3) is 1.14. The van der Waals surface area contributed by atoms with Crippen molar-refractivity contribution in [2.24, 2.45) is 0 Å². The molecule has 0 bridgehead atoms. The van der Waals surface area contributed by atoms with Gasteiger partial charge in [-0.25, -0.2) is 0 Å². The molecule has 0 spiro atoms. The van der Waals surface area contributed by atoms with Crippen LogP contribution in [0.2, 0.25) is 0 Å². The van der Waals surface area contributed by atoms with Crippen molar-refractivity contribution < 1.29 is 0 Å². The SMILES string of the molecule is c1cc(-c2ccc3sncc3c2)c[nH]1. The van der Waals surface area contributed by atoms with Gasteiger partial charge in [-0.2, -0.15) is 4.37 Å². The Morgan fingerprint density at radius 2 is 2.14 bits per heavy atom. The summed E-state index contributed by atoms with van der Waals surface area (Å²) in [6, 6.07) is 8.49. The number of H-pyrrole nitrogens is 1. The largest absolute Gasteiger partial charge is 0.367 e. The Bertz CT molecular complexity index is 551. The molecule has 0 aliphatic carbocycles. The maximum Gasteiger partial charge on any atom is 0.0550 e. The van der Waals surface area contributed by atoms with Gasteiger partial charge in [-0.1, -0.05) is 6.07 Å². The fourth-order valence-electron chi connectivity index (χ4n) is 1.56. The molecule has 0 saturated heterocycles. The third-order valence-corrected chi connectivity index (χ3v) is 3.06. The number of hydrogen-bond donors (Lipinski definition) is 1. The molecule has 3 heteroatoms. The van der Waals surface area contributed by atoms with Gasteiger partial charge < -0.3 is 4.98 Å². The molecule has 0 unspecified atom stereocenters. The number of rotatable bonds is 1. The molecule has 0 saturated carbocycles. The Labute approximate surface area is 85.4 Å². The Morgan fingerprint density at radius 3 is 3.00 bits per heavy atom. The van der Waals surface area contributed by atoms with Crippen molar-refractivity contribution in [3.05, 3.63) is 42.9 Å². The van der Waals surface area contributed by atoms with Crippen LogP contribution >= 0.6 is 11.5 Å². The highest BCUT2D eigenvalue weighted by atomic mass is 32.1. The van der Waals surface area contributed by atoms with E-state index >= 15 is 0 Å². The standard InChI is InChI=1S/C11H8N2S/c1-2-11-10(7-13-14-11)5-8(1)9-3-4-12-6-9/h1-7,12H. The summed E-state index contributed by atoms with van der Waals surface area (Å²) in [6.45, 7) is 0. The van der Waals surface area contributed by atoms with Crippen LogP contribution in [0, 0.1) is 0 Å². The monoisotopic (exact) mass is 200 g/mol. The second-order valence-corrected chi connectivity index (χ2v) is 4.01. The molecular formula is C11H8N2S. The van der Waals surface area contributed by atoms with Crippen LogP contribution in [-0.2, 0) is 0 Å². The first-order chi connectivity index (χ1) is 6.93. The fourth-order valence-corrected chi connectivity index (χ4v) is 2.18. The molecule has 0 atom stereocenters. The highest BCUT2D eigenvalue weighted by Gasteiger charge is 2.00. The molecule has 1 aromatic carbocycles. The van der Waals surface area contributed by atoms with Crippen LogP contribution < -0.4 is 0 Å². The number of aromatic nitrogens is 2. The molecule has 0 amide bonds. The summed E-state index contributed by atoms with van der Waals surface area (Å²) in [5.74, 6) is 0. The minimum atomic E-state index is 1.22. The van der Waals surface area contributed by atoms with Gasteiger partial charge in [0.25, 0.3) is 0 Å². The lowest BCUT2D eigenvalue weighted by Gasteiger charge is -1.96. The summed E-state index contributed by atoms with van der Waals surface area (Å²) in [6.07, 6.45) is 5.85. The fraction of sp³-hybridized carbons (Fsp3) is 0. The van der Waals surface area contributed by atoms with Gasteiger partial charge in [-0.15, -0.1) is 0 Å². The van der Waals surface area contributed by atoms with E-state index in [0.29, 0.717) is 0 Å². The molecule has 0 fully saturated rings. The lowest BCUT2D eigenvalue weighted by molar-refractivity contribution is 1.41. The number of fused-ring (bicyclic) bond motifs is 1. The first-order valence-corrected chi connectivity index (χ1v) is 5.18. The number of hydrogen-bond acceptors (Lipinski definition) is 2. The Kier molecular flexibility index (Phi) is 1.64. The van der Waals surface area contributed by atoms with E-state index in [2.05, 4.69) is 33.6 Å². The van der Waals surface area contributed by atoms with Crippen molar-refractivity contribution in [1.29, 1.82) is 0 Å². The number of nitrogens with zero attached hydrogens (tertiary/aromatic N) is 1. The molecule has 2 aromatic heterocycles. The molecule has 68 valence electrons. The molecule has 3 aromatic rings. The zero-order valence-electron chi connectivity index (χ0n) is 7.40. The van der Waals surface area contributed by atoms with Crippen molar-refractivity contribution in [3.63, 3.8) is 0 Å². The van der Waals surface area contributed by atoms with E-state index in [-0.39, 0.29) is 0 Å². The van der Waals surface area contributed by atoms with Gasteiger partial charge in [-0.05, 0) is 40.9 Å². The zero-order chi connectivity index (χ0) is 9.38. The number of nitrogens with one attached hydrogen (secondary N) is 1. The molecule has 0 radical (unpaired) electrons. The van der Waals surface area contributed by atoms with Crippen LogP contribution in [0.3, 0.4) is 0 Å². The first-order valence-electron chi connectivity index (χ1n) is 4.41. The Morgan fingerprint density at radius 1 is 1.14 bits per heavy atom.